The zero-order valence-corrected chi connectivity index (χ0v) is 10.8. The monoisotopic (exact) mass is 267 g/mol. The van der Waals surface area contributed by atoms with Crippen LogP contribution in [0, 0.1) is 5.92 Å². The summed E-state index contributed by atoms with van der Waals surface area (Å²) in [6, 6.07) is -0.777. The Labute approximate surface area is 110 Å². The van der Waals surface area contributed by atoms with Gasteiger partial charge < -0.3 is 4.74 Å². The van der Waals surface area contributed by atoms with Gasteiger partial charge in [-0.15, -0.1) is 0 Å². The molecule has 2 fully saturated rings. The molecular weight excluding hydrogens is 250 g/mol. The number of nitrogens with zero attached hydrogens (tertiary/aromatic N) is 1. The molecule has 0 aromatic carbocycles. The molecule has 0 radical (unpaired) electrons. The van der Waals surface area contributed by atoms with Gasteiger partial charge in [-0.2, -0.15) is 0 Å². The molecule has 2 aliphatic heterocycles. The van der Waals surface area contributed by atoms with Gasteiger partial charge in [0.15, 0.2) is 5.92 Å². The Morgan fingerprint density at radius 3 is 2.53 bits per heavy atom. The third kappa shape index (κ3) is 3.17. The molecule has 0 aromatic heterocycles. The molecule has 4 amide bonds. The molecule has 0 spiro atoms. The summed E-state index contributed by atoms with van der Waals surface area (Å²) in [6.07, 6.45) is 2.51. The summed E-state index contributed by atoms with van der Waals surface area (Å²) in [5, 5.41) is 4.16. The third-order valence-electron chi connectivity index (χ3n) is 3.22. The SMILES string of the molecule is CCC(=NC[C@H]1CCCO1)C1C(=O)NC(=O)NC1=O. The van der Waals surface area contributed by atoms with Crippen LogP contribution >= 0.6 is 0 Å². The number of imide groups is 2. The number of hydrogen-bond acceptors (Lipinski definition) is 5. The van der Waals surface area contributed by atoms with E-state index in [1.54, 1.807) is 0 Å². The molecule has 104 valence electrons. The highest BCUT2D eigenvalue weighted by atomic mass is 16.5. The molecule has 2 aliphatic rings. The van der Waals surface area contributed by atoms with Crippen molar-refractivity contribution >= 4 is 23.6 Å². The average Bonchev–Trinajstić information content (AvgIpc) is 2.85. The summed E-state index contributed by atoms with van der Waals surface area (Å²) in [4.78, 5) is 38.7. The highest BCUT2D eigenvalue weighted by Gasteiger charge is 2.37. The van der Waals surface area contributed by atoms with Gasteiger partial charge >= 0.3 is 6.03 Å². The van der Waals surface area contributed by atoms with Crippen molar-refractivity contribution in [2.75, 3.05) is 13.2 Å². The summed E-state index contributed by atoms with van der Waals surface area (Å²) < 4.78 is 5.44. The van der Waals surface area contributed by atoms with Crippen molar-refractivity contribution in [3.8, 4) is 0 Å². The van der Waals surface area contributed by atoms with Crippen molar-refractivity contribution in [3.63, 3.8) is 0 Å². The van der Waals surface area contributed by atoms with Gasteiger partial charge in [0.05, 0.1) is 12.6 Å². The zero-order chi connectivity index (χ0) is 13.8. The number of aliphatic imine (C=N–C) groups is 1. The van der Waals surface area contributed by atoms with Crippen molar-refractivity contribution in [2.45, 2.75) is 32.3 Å². The first-order chi connectivity index (χ1) is 9.11. The number of rotatable bonds is 4. The van der Waals surface area contributed by atoms with E-state index >= 15 is 0 Å². The summed E-state index contributed by atoms with van der Waals surface area (Å²) in [5.74, 6) is -2.23. The maximum Gasteiger partial charge on any atom is 0.328 e. The van der Waals surface area contributed by atoms with Crippen molar-refractivity contribution < 1.29 is 19.1 Å². The minimum absolute atomic E-state index is 0.0675. The Morgan fingerprint density at radius 2 is 2.00 bits per heavy atom. The van der Waals surface area contributed by atoms with E-state index in [2.05, 4.69) is 15.6 Å². The number of urea groups is 1. The quantitative estimate of drug-likeness (QED) is 0.553. The number of nitrogens with one attached hydrogen (secondary N) is 2. The fraction of sp³-hybridized carbons (Fsp3) is 0.667. The number of barbiturate groups is 1. The molecule has 2 heterocycles. The molecule has 2 rings (SSSR count). The predicted molar refractivity (Wildman–Crippen MR) is 66.7 cm³/mol. The number of ether oxygens (including phenoxy) is 1. The van der Waals surface area contributed by atoms with Crippen LogP contribution in [0.4, 0.5) is 4.79 Å². The lowest BCUT2D eigenvalue weighted by Crippen LogP contribution is -2.58. The van der Waals surface area contributed by atoms with Crippen LogP contribution in [-0.4, -0.2) is 42.8 Å². The molecule has 0 aliphatic carbocycles. The van der Waals surface area contributed by atoms with Gasteiger partial charge in [-0.25, -0.2) is 4.79 Å². The van der Waals surface area contributed by atoms with E-state index < -0.39 is 23.8 Å². The third-order valence-corrected chi connectivity index (χ3v) is 3.22. The van der Waals surface area contributed by atoms with Crippen LogP contribution in [0.2, 0.25) is 0 Å². The molecule has 7 nitrogen and oxygen atoms in total. The second-order valence-corrected chi connectivity index (χ2v) is 4.56. The molecule has 0 aromatic rings. The van der Waals surface area contributed by atoms with E-state index in [1.807, 2.05) is 6.92 Å². The maximum absolute atomic E-state index is 11.7. The molecular formula is C12H17N3O4. The second kappa shape index (κ2) is 5.92. The first-order valence-electron chi connectivity index (χ1n) is 6.42. The summed E-state index contributed by atoms with van der Waals surface area (Å²) >= 11 is 0. The van der Waals surface area contributed by atoms with Crippen molar-refractivity contribution in [1.29, 1.82) is 0 Å². The van der Waals surface area contributed by atoms with E-state index in [4.69, 9.17) is 4.74 Å². The number of amides is 4. The van der Waals surface area contributed by atoms with Crippen LogP contribution in [0.5, 0.6) is 0 Å². The van der Waals surface area contributed by atoms with Gasteiger partial charge in [-0.1, -0.05) is 6.92 Å². The normalized spacial score (nSPS) is 25.4. The first kappa shape index (κ1) is 13.7. The highest BCUT2D eigenvalue weighted by Crippen LogP contribution is 2.14. The summed E-state index contributed by atoms with van der Waals surface area (Å²) in [7, 11) is 0. The van der Waals surface area contributed by atoms with E-state index in [1.165, 1.54) is 0 Å². The average molecular weight is 267 g/mol. The van der Waals surface area contributed by atoms with Gasteiger partial charge in [-0.05, 0) is 19.3 Å². The van der Waals surface area contributed by atoms with E-state index in [0.717, 1.165) is 19.4 Å². The van der Waals surface area contributed by atoms with Gasteiger partial charge in [0.2, 0.25) is 11.8 Å². The minimum Gasteiger partial charge on any atom is -0.376 e. The largest absolute Gasteiger partial charge is 0.376 e. The van der Waals surface area contributed by atoms with Gasteiger partial charge in [0, 0.05) is 12.3 Å². The summed E-state index contributed by atoms with van der Waals surface area (Å²) in [5.41, 5.74) is 0.484. The highest BCUT2D eigenvalue weighted by molar-refractivity contribution is 6.27. The van der Waals surface area contributed by atoms with Crippen molar-refractivity contribution in [3.05, 3.63) is 0 Å². The van der Waals surface area contributed by atoms with Gasteiger partial charge in [0.25, 0.3) is 0 Å². The Balaban J connectivity index is 2.06. The fourth-order valence-corrected chi connectivity index (χ4v) is 2.24. The molecule has 2 saturated heterocycles. The van der Waals surface area contributed by atoms with Crippen LogP contribution in [0.3, 0.4) is 0 Å². The lowest BCUT2D eigenvalue weighted by Gasteiger charge is -2.22. The van der Waals surface area contributed by atoms with E-state index in [0.29, 0.717) is 18.7 Å². The molecule has 1 atom stereocenters. The number of carbonyl (C=O) groups excluding carboxylic acids is 3. The molecule has 2 N–H and O–H groups in total. The fourth-order valence-electron chi connectivity index (χ4n) is 2.24. The number of carbonyl (C=O) groups is 3. The Bertz CT molecular complexity index is 407. The lowest BCUT2D eigenvalue weighted by atomic mass is 9.97. The molecule has 0 unspecified atom stereocenters. The first-order valence-corrected chi connectivity index (χ1v) is 6.42. The standard InChI is InChI=1S/C12H17N3O4/c1-2-8(13-6-7-4-3-5-19-7)9-10(16)14-12(18)15-11(9)17/h7,9H,2-6H2,1H3,(H2,14,15,16,17,18)/t7-/m1/s1. The van der Waals surface area contributed by atoms with Gasteiger partial charge in [-0.3, -0.25) is 25.2 Å². The molecule has 0 saturated carbocycles. The Hall–Kier alpha value is -1.76. The van der Waals surface area contributed by atoms with Gasteiger partial charge in [0.1, 0.15) is 0 Å². The van der Waals surface area contributed by atoms with Crippen molar-refractivity contribution in [1.82, 2.24) is 10.6 Å². The smallest absolute Gasteiger partial charge is 0.328 e. The van der Waals surface area contributed by atoms with Crippen LogP contribution in [-0.2, 0) is 14.3 Å². The lowest BCUT2D eigenvalue weighted by molar-refractivity contribution is -0.132. The topological polar surface area (TPSA) is 96.9 Å². The zero-order valence-electron chi connectivity index (χ0n) is 10.8. The van der Waals surface area contributed by atoms with Crippen LogP contribution in [0.15, 0.2) is 4.99 Å². The second-order valence-electron chi connectivity index (χ2n) is 4.56. The maximum atomic E-state index is 11.7. The van der Waals surface area contributed by atoms with Crippen LogP contribution < -0.4 is 10.6 Å². The molecule has 0 bridgehead atoms. The Morgan fingerprint density at radius 1 is 1.32 bits per heavy atom. The van der Waals surface area contributed by atoms with E-state index in [9.17, 15) is 14.4 Å². The predicted octanol–water partition coefficient (Wildman–Crippen LogP) is -0.00140. The number of hydrogen-bond donors (Lipinski definition) is 2. The Kier molecular flexibility index (Phi) is 4.26. The minimum atomic E-state index is -1.01. The molecule has 7 heteroatoms. The van der Waals surface area contributed by atoms with E-state index in [-0.39, 0.29) is 6.10 Å². The van der Waals surface area contributed by atoms with Crippen LogP contribution in [0.1, 0.15) is 26.2 Å². The van der Waals surface area contributed by atoms with Crippen molar-refractivity contribution in [2.24, 2.45) is 10.9 Å². The van der Waals surface area contributed by atoms with Crippen LogP contribution in [0.25, 0.3) is 0 Å². The molecule has 19 heavy (non-hydrogen) atoms. The summed E-state index contributed by atoms with van der Waals surface area (Å²) in [6.45, 7) is 3.01.